The van der Waals surface area contributed by atoms with Crippen LogP contribution < -0.4 is 5.73 Å². The Bertz CT molecular complexity index is 634. The molecule has 0 unspecified atom stereocenters. The number of furan rings is 1. The first kappa shape index (κ1) is 14.2. The second-order valence-electron chi connectivity index (χ2n) is 4.34. The Morgan fingerprint density at radius 2 is 2.05 bits per heavy atom. The summed E-state index contributed by atoms with van der Waals surface area (Å²) in [6, 6.07) is 6.15. The summed E-state index contributed by atoms with van der Waals surface area (Å²) in [7, 11) is 0. The predicted molar refractivity (Wildman–Crippen MR) is 68.3 cm³/mol. The molecule has 0 fully saturated rings. The van der Waals surface area contributed by atoms with Crippen LogP contribution in [0.1, 0.15) is 17.5 Å². The van der Waals surface area contributed by atoms with E-state index >= 15 is 0 Å². The number of nitrogen functional groups attached to an aromatic ring is 1. The molecule has 1 heterocycles. The van der Waals surface area contributed by atoms with E-state index < -0.39 is 18.6 Å². The highest BCUT2D eigenvalue weighted by molar-refractivity contribution is 5.96. The number of carbonyl (C=O) groups is 1. The standard InChI is InChI=1S/C13H13F3N2O2/c1-2-18(7-13(14,15)16)12(19)11-6-8-5-9(17)3-4-10(8)20-11/h3-6H,2,7,17H2,1H3. The largest absolute Gasteiger partial charge is 0.451 e. The molecule has 0 aliphatic heterocycles. The molecule has 0 aliphatic rings. The van der Waals surface area contributed by atoms with Crippen LogP contribution in [0.2, 0.25) is 0 Å². The van der Waals surface area contributed by atoms with Crippen molar-refractivity contribution in [3.05, 3.63) is 30.0 Å². The van der Waals surface area contributed by atoms with Gasteiger partial charge < -0.3 is 15.1 Å². The van der Waals surface area contributed by atoms with Crippen LogP contribution in [0.5, 0.6) is 0 Å². The Morgan fingerprint density at radius 3 is 2.65 bits per heavy atom. The van der Waals surface area contributed by atoms with E-state index in [1.807, 2.05) is 0 Å². The first-order chi connectivity index (χ1) is 9.30. The smallest absolute Gasteiger partial charge is 0.406 e. The monoisotopic (exact) mass is 286 g/mol. The Labute approximate surface area is 112 Å². The number of carbonyl (C=O) groups excluding carboxylic acids is 1. The minimum Gasteiger partial charge on any atom is -0.451 e. The van der Waals surface area contributed by atoms with Crippen molar-refractivity contribution in [2.24, 2.45) is 0 Å². The Balaban J connectivity index is 2.29. The molecule has 0 spiro atoms. The molecule has 4 nitrogen and oxygen atoms in total. The van der Waals surface area contributed by atoms with Gasteiger partial charge in [0.15, 0.2) is 5.76 Å². The van der Waals surface area contributed by atoms with Gasteiger partial charge >= 0.3 is 6.18 Å². The molecule has 0 saturated carbocycles. The van der Waals surface area contributed by atoms with E-state index in [1.54, 1.807) is 18.2 Å². The lowest BCUT2D eigenvalue weighted by Crippen LogP contribution is -2.38. The van der Waals surface area contributed by atoms with Crippen molar-refractivity contribution in [3.8, 4) is 0 Å². The maximum absolute atomic E-state index is 12.4. The number of anilines is 1. The number of halogens is 3. The van der Waals surface area contributed by atoms with E-state index in [9.17, 15) is 18.0 Å². The van der Waals surface area contributed by atoms with Crippen molar-refractivity contribution in [2.75, 3.05) is 18.8 Å². The lowest BCUT2D eigenvalue weighted by molar-refractivity contribution is -0.140. The molecule has 0 atom stereocenters. The molecule has 1 aromatic heterocycles. The van der Waals surface area contributed by atoms with Crippen LogP contribution in [0.15, 0.2) is 28.7 Å². The summed E-state index contributed by atoms with van der Waals surface area (Å²) < 4.78 is 42.4. The van der Waals surface area contributed by atoms with Gasteiger partial charge in [-0.25, -0.2) is 0 Å². The van der Waals surface area contributed by atoms with Gasteiger partial charge in [0.1, 0.15) is 12.1 Å². The number of rotatable bonds is 3. The van der Waals surface area contributed by atoms with Gasteiger partial charge in [-0.2, -0.15) is 13.2 Å². The Kier molecular flexibility index (Phi) is 3.61. The molecule has 2 aromatic rings. The third-order valence-electron chi connectivity index (χ3n) is 2.79. The molecule has 7 heteroatoms. The van der Waals surface area contributed by atoms with Crippen LogP contribution in [0.3, 0.4) is 0 Å². The van der Waals surface area contributed by atoms with Gasteiger partial charge in [0.2, 0.25) is 0 Å². The number of hydrogen-bond donors (Lipinski definition) is 1. The summed E-state index contributed by atoms with van der Waals surface area (Å²) in [5.74, 6) is -0.920. The van der Waals surface area contributed by atoms with E-state index in [4.69, 9.17) is 10.2 Å². The van der Waals surface area contributed by atoms with Crippen molar-refractivity contribution in [2.45, 2.75) is 13.1 Å². The van der Waals surface area contributed by atoms with E-state index in [0.717, 1.165) is 0 Å². The minimum absolute atomic E-state index is 0.0580. The maximum atomic E-state index is 12.4. The van der Waals surface area contributed by atoms with Crippen LogP contribution >= 0.6 is 0 Å². The number of fused-ring (bicyclic) bond motifs is 1. The minimum atomic E-state index is -4.44. The van der Waals surface area contributed by atoms with Gasteiger partial charge in [-0.05, 0) is 31.2 Å². The topological polar surface area (TPSA) is 59.5 Å². The summed E-state index contributed by atoms with van der Waals surface area (Å²) in [5, 5.41) is 0.580. The zero-order valence-corrected chi connectivity index (χ0v) is 10.7. The van der Waals surface area contributed by atoms with Crippen molar-refractivity contribution in [1.29, 1.82) is 0 Å². The van der Waals surface area contributed by atoms with Crippen LogP contribution in [-0.4, -0.2) is 30.1 Å². The van der Waals surface area contributed by atoms with E-state index in [-0.39, 0.29) is 12.3 Å². The highest BCUT2D eigenvalue weighted by atomic mass is 19.4. The predicted octanol–water partition coefficient (Wildman–Crippen LogP) is 3.04. The molecule has 2 rings (SSSR count). The highest BCUT2D eigenvalue weighted by Gasteiger charge is 2.33. The van der Waals surface area contributed by atoms with E-state index in [0.29, 0.717) is 21.6 Å². The van der Waals surface area contributed by atoms with Crippen LogP contribution in [0, 0.1) is 0 Å². The number of benzene rings is 1. The second kappa shape index (κ2) is 5.07. The average Bonchev–Trinajstić information content (AvgIpc) is 2.76. The molecule has 2 N–H and O–H groups in total. The molecule has 20 heavy (non-hydrogen) atoms. The lowest BCUT2D eigenvalue weighted by atomic mass is 10.2. The first-order valence-corrected chi connectivity index (χ1v) is 5.95. The fraction of sp³-hybridized carbons (Fsp3) is 0.308. The van der Waals surface area contributed by atoms with E-state index in [2.05, 4.69) is 0 Å². The molecule has 0 aliphatic carbocycles. The summed E-state index contributed by atoms with van der Waals surface area (Å²) in [4.78, 5) is 12.7. The summed E-state index contributed by atoms with van der Waals surface area (Å²) in [6.07, 6.45) is -4.44. The molecule has 0 saturated heterocycles. The van der Waals surface area contributed by atoms with Gasteiger partial charge in [-0.1, -0.05) is 0 Å². The van der Waals surface area contributed by atoms with Gasteiger partial charge in [0.25, 0.3) is 5.91 Å². The van der Waals surface area contributed by atoms with Gasteiger partial charge in [-0.15, -0.1) is 0 Å². The van der Waals surface area contributed by atoms with Crippen molar-refractivity contribution in [1.82, 2.24) is 4.90 Å². The third-order valence-corrected chi connectivity index (χ3v) is 2.79. The normalized spacial score (nSPS) is 11.8. The van der Waals surface area contributed by atoms with Crippen LogP contribution in [0.25, 0.3) is 11.0 Å². The number of hydrogen-bond acceptors (Lipinski definition) is 3. The average molecular weight is 286 g/mol. The molecule has 1 amide bonds. The Morgan fingerprint density at radius 1 is 1.35 bits per heavy atom. The molecule has 1 aromatic carbocycles. The maximum Gasteiger partial charge on any atom is 0.406 e. The molecular formula is C13H13F3N2O2. The second-order valence-corrected chi connectivity index (χ2v) is 4.34. The highest BCUT2D eigenvalue weighted by Crippen LogP contribution is 2.24. The quantitative estimate of drug-likeness (QED) is 0.882. The zero-order chi connectivity index (χ0) is 14.9. The fourth-order valence-corrected chi connectivity index (χ4v) is 1.87. The molecular weight excluding hydrogens is 273 g/mol. The number of nitrogens with zero attached hydrogens (tertiary/aromatic N) is 1. The van der Waals surface area contributed by atoms with Gasteiger partial charge in [0.05, 0.1) is 0 Å². The van der Waals surface area contributed by atoms with Crippen LogP contribution in [0.4, 0.5) is 18.9 Å². The molecule has 0 radical (unpaired) electrons. The van der Waals surface area contributed by atoms with Crippen molar-refractivity contribution >= 4 is 22.6 Å². The van der Waals surface area contributed by atoms with Crippen molar-refractivity contribution in [3.63, 3.8) is 0 Å². The number of amides is 1. The molecule has 108 valence electrons. The summed E-state index contributed by atoms with van der Waals surface area (Å²) in [6.45, 7) is 0.114. The first-order valence-electron chi connectivity index (χ1n) is 5.95. The third kappa shape index (κ3) is 3.04. The molecule has 0 bridgehead atoms. The lowest BCUT2D eigenvalue weighted by Gasteiger charge is -2.20. The Hall–Kier alpha value is -2.18. The van der Waals surface area contributed by atoms with E-state index in [1.165, 1.54) is 13.0 Å². The van der Waals surface area contributed by atoms with Crippen LogP contribution in [-0.2, 0) is 0 Å². The number of alkyl halides is 3. The SMILES string of the molecule is CCN(CC(F)(F)F)C(=O)c1cc2cc(N)ccc2o1. The summed E-state index contributed by atoms with van der Waals surface area (Å²) >= 11 is 0. The fourth-order valence-electron chi connectivity index (χ4n) is 1.87. The number of nitrogens with two attached hydrogens (primary N) is 1. The van der Waals surface area contributed by atoms with Gasteiger partial charge in [-0.3, -0.25) is 4.79 Å². The summed E-state index contributed by atoms with van der Waals surface area (Å²) in [5.41, 5.74) is 6.49. The van der Waals surface area contributed by atoms with Crippen molar-refractivity contribution < 1.29 is 22.4 Å². The zero-order valence-electron chi connectivity index (χ0n) is 10.7. The van der Waals surface area contributed by atoms with Gasteiger partial charge in [0, 0.05) is 17.6 Å².